The van der Waals surface area contributed by atoms with Crippen molar-refractivity contribution in [1.82, 2.24) is 21.2 Å². The van der Waals surface area contributed by atoms with Crippen molar-refractivity contribution in [3.63, 3.8) is 0 Å². The number of amides is 2. The largest absolute Gasteiger partial charge is 0.346 e. The average molecular weight is 424 g/mol. The van der Waals surface area contributed by atoms with E-state index in [1.807, 2.05) is 56.3 Å². The van der Waals surface area contributed by atoms with Crippen LogP contribution in [0.15, 0.2) is 54.6 Å². The zero-order chi connectivity index (χ0) is 21.3. The van der Waals surface area contributed by atoms with Crippen molar-refractivity contribution in [3.05, 3.63) is 76.4 Å². The SMILES string of the molecule is CCCNNC(=O)c1ccc(CNC(=O)c2nc(C)c(Nc3ccccc3)s2)cc1. The number of aryl methyl sites for hydroxylation is 1. The van der Waals surface area contributed by atoms with Gasteiger partial charge < -0.3 is 10.6 Å². The summed E-state index contributed by atoms with van der Waals surface area (Å²) < 4.78 is 0. The van der Waals surface area contributed by atoms with Crippen molar-refractivity contribution in [3.8, 4) is 0 Å². The lowest BCUT2D eigenvalue weighted by molar-refractivity contribution is 0.0929. The molecule has 0 saturated heterocycles. The van der Waals surface area contributed by atoms with E-state index in [1.165, 1.54) is 11.3 Å². The van der Waals surface area contributed by atoms with E-state index >= 15 is 0 Å². The van der Waals surface area contributed by atoms with Crippen LogP contribution in [0.4, 0.5) is 10.7 Å². The predicted molar refractivity (Wildman–Crippen MR) is 120 cm³/mol. The van der Waals surface area contributed by atoms with E-state index in [2.05, 4.69) is 26.5 Å². The molecule has 3 rings (SSSR count). The molecule has 2 aromatic carbocycles. The van der Waals surface area contributed by atoms with Gasteiger partial charge in [-0.15, -0.1) is 0 Å². The molecule has 0 saturated carbocycles. The monoisotopic (exact) mass is 423 g/mol. The van der Waals surface area contributed by atoms with Crippen molar-refractivity contribution < 1.29 is 9.59 Å². The first-order valence-corrected chi connectivity index (χ1v) is 10.6. The minimum Gasteiger partial charge on any atom is -0.346 e. The minimum atomic E-state index is -0.227. The number of hydrogen-bond acceptors (Lipinski definition) is 6. The summed E-state index contributed by atoms with van der Waals surface area (Å²) in [7, 11) is 0. The van der Waals surface area contributed by atoms with Crippen LogP contribution < -0.4 is 21.5 Å². The summed E-state index contributed by atoms with van der Waals surface area (Å²) in [6.07, 6.45) is 0.932. The molecular weight excluding hydrogens is 398 g/mol. The maximum atomic E-state index is 12.5. The molecule has 8 heteroatoms. The Morgan fingerprint density at radius 1 is 1.00 bits per heavy atom. The molecule has 1 aromatic heterocycles. The normalized spacial score (nSPS) is 10.5. The number of carbonyl (C=O) groups excluding carboxylic acids is 2. The minimum absolute atomic E-state index is 0.184. The fourth-order valence-electron chi connectivity index (χ4n) is 2.63. The molecule has 30 heavy (non-hydrogen) atoms. The molecule has 0 aliphatic heterocycles. The van der Waals surface area contributed by atoms with Crippen LogP contribution in [-0.2, 0) is 6.54 Å². The molecule has 0 aliphatic carbocycles. The van der Waals surface area contributed by atoms with Gasteiger partial charge in [-0.3, -0.25) is 15.0 Å². The van der Waals surface area contributed by atoms with E-state index in [1.54, 1.807) is 12.1 Å². The summed E-state index contributed by atoms with van der Waals surface area (Å²) in [5.74, 6) is -0.412. The number of thiazole rings is 1. The molecule has 156 valence electrons. The Bertz CT molecular complexity index is 987. The highest BCUT2D eigenvalue weighted by atomic mass is 32.1. The van der Waals surface area contributed by atoms with Crippen LogP contribution in [0.25, 0.3) is 0 Å². The molecule has 0 fully saturated rings. The third kappa shape index (κ3) is 5.88. The third-order valence-corrected chi connectivity index (χ3v) is 5.34. The number of carbonyl (C=O) groups is 2. The van der Waals surface area contributed by atoms with Crippen molar-refractivity contribution in [1.29, 1.82) is 0 Å². The van der Waals surface area contributed by atoms with Gasteiger partial charge in [-0.1, -0.05) is 48.6 Å². The fourth-order valence-corrected chi connectivity index (χ4v) is 3.54. The van der Waals surface area contributed by atoms with E-state index in [4.69, 9.17) is 0 Å². The molecule has 4 N–H and O–H groups in total. The van der Waals surface area contributed by atoms with Crippen LogP contribution in [0.1, 0.15) is 44.8 Å². The molecule has 0 bridgehead atoms. The van der Waals surface area contributed by atoms with Crippen molar-refractivity contribution >= 4 is 33.8 Å². The maximum absolute atomic E-state index is 12.5. The number of aromatic nitrogens is 1. The Kier molecular flexibility index (Phi) is 7.53. The van der Waals surface area contributed by atoms with E-state index < -0.39 is 0 Å². The first kappa shape index (κ1) is 21.5. The molecule has 0 atom stereocenters. The van der Waals surface area contributed by atoms with E-state index in [0.29, 0.717) is 23.7 Å². The van der Waals surface area contributed by atoms with Crippen molar-refractivity contribution in [2.24, 2.45) is 0 Å². The second-order valence-electron chi connectivity index (χ2n) is 6.69. The van der Waals surface area contributed by atoms with E-state index in [9.17, 15) is 9.59 Å². The zero-order valence-electron chi connectivity index (χ0n) is 17.0. The highest BCUT2D eigenvalue weighted by Gasteiger charge is 2.14. The summed E-state index contributed by atoms with van der Waals surface area (Å²) in [5, 5.41) is 7.42. The number of nitrogens with zero attached hydrogens (tertiary/aromatic N) is 1. The maximum Gasteiger partial charge on any atom is 0.280 e. The molecule has 0 radical (unpaired) electrons. The van der Waals surface area contributed by atoms with Gasteiger partial charge in [0.05, 0.1) is 5.69 Å². The number of rotatable bonds is 9. The Morgan fingerprint density at radius 2 is 1.73 bits per heavy atom. The Labute approximate surface area is 179 Å². The van der Waals surface area contributed by atoms with Gasteiger partial charge in [0.25, 0.3) is 11.8 Å². The quantitative estimate of drug-likeness (QED) is 0.310. The Hall–Kier alpha value is -3.23. The van der Waals surface area contributed by atoms with Gasteiger partial charge in [-0.05, 0) is 43.2 Å². The van der Waals surface area contributed by atoms with Gasteiger partial charge in [0.2, 0.25) is 0 Å². The lowest BCUT2D eigenvalue weighted by atomic mass is 10.1. The summed E-state index contributed by atoms with van der Waals surface area (Å²) in [6, 6.07) is 16.9. The molecule has 2 amide bonds. The highest BCUT2D eigenvalue weighted by Crippen LogP contribution is 2.27. The number of hydrogen-bond donors (Lipinski definition) is 4. The summed E-state index contributed by atoms with van der Waals surface area (Å²) >= 11 is 1.32. The summed E-state index contributed by atoms with van der Waals surface area (Å²) in [4.78, 5) is 28.9. The average Bonchev–Trinajstić information content (AvgIpc) is 3.13. The topological polar surface area (TPSA) is 95.1 Å². The molecule has 1 heterocycles. The second kappa shape index (κ2) is 10.5. The van der Waals surface area contributed by atoms with Crippen LogP contribution in [0, 0.1) is 6.92 Å². The van der Waals surface area contributed by atoms with Gasteiger partial charge >= 0.3 is 0 Å². The first-order chi connectivity index (χ1) is 14.6. The molecular formula is C22H25N5O2S. The van der Waals surface area contributed by atoms with Crippen LogP contribution in [0.2, 0.25) is 0 Å². The van der Waals surface area contributed by atoms with Crippen LogP contribution in [-0.4, -0.2) is 23.3 Å². The molecule has 7 nitrogen and oxygen atoms in total. The summed E-state index contributed by atoms with van der Waals surface area (Å²) in [5.41, 5.74) is 8.69. The molecule has 3 aromatic rings. The van der Waals surface area contributed by atoms with Gasteiger partial charge in [-0.2, -0.15) is 0 Å². The summed E-state index contributed by atoms with van der Waals surface area (Å²) in [6.45, 7) is 4.97. The Balaban J connectivity index is 1.54. The predicted octanol–water partition coefficient (Wildman–Crippen LogP) is 3.77. The number of nitrogens with one attached hydrogen (secondary N) is 4. The van der Waals surface area contributed by atoms with E-state index in [0.717, 1.165) is 28.4 Å². The van der Waals surface area contributed by atoms with Gasteiger partial charge in [-0.25, -0.2) is 10.4 Å². The van der Waals surface area contributed by atoms with Gasteiger partial charge in [0, 0.05) is 24.3 Å². The molecule has 0 spiro atoms. The lowest BCUT2D eigenvalue weighted by Crippen LogP contribution is -2.37. The number of benzene rings is 2. The van der Waals surface area contributed by atoms with Gasteiger partial charge in [0.15, 0.2) is 5.01 Å². The third-order valence-electron chi connectivity index (χ3n) is 4.27. The second-order valence-corrected chi connectivity index (χ2v) is 7.68. The number of hydrazine groups is 1. The van der Waals surface area contributed by atoms with Crippen LogP contribution >= 0.6 is 11.3 Å². The number of anilines is 2. The lowest BCUT2D eigenvalue weighted by Gasteiger charge is -2.07. The zero-order valence-corrected chi connectivity index (χ0v) is 17.8. The van der Waals surface area contributed by atoms with Gasteiger partial charge in [0.1, 0.15) is 5.00 Å². The number of para-hydroxylation sites is 1. The van der Waals surface area contributed by atoms with Crippen molar-refractivity contribution in [2.75, 3.05) is 11.9 Å². The first-order valence-electron chi connectivity index (χ1n) is 9.76. The highest BCUT2D eigenvalue weighted by molar-refractivity contribution is 7.17. The van der Waals surface area contributed by atoms with E-state index in [-0.39, 0.29) is 11.8 Å². The molecule has 0 unspecified atom stereocenters. The standard InChI is InChI=1S/C22H25N5O2S/c1-3-13-24-27-19(28)17-11-9-16(10-12-17)14-23-20(29)22-25-15(2)21(30-22)26-18-7-5-4-6-8-18/h4-12,24,26H,3,13-14H2,1-2H3,(H,23,29)(H,27,28). The Morgan fingerprint density at radius 3 is 2.43 bits per heavy atom. The fraction of sp³-hybridized carbons (Fsp3) is 0.227. The smallest absolute Gasteiger partial charge is 0.280 e. The van der Waals surface area contributed by atoms with Crippen LogP contribution in [0.5, 0.6) is 0 Å². The van der Waals surface area contributed by atoms with Crippen LogP contribution in [0.3, 0.4) is 0 Å². The van der Waals surface area contributed by atoms with Crippen molar-refractivity contribution in [2.45, 2.75) is 26.8 Å². The molecule has 0 aliphatic rings.